The molecule has 114 valence electrons. The number of hydrogen-bond donors (Lipinski definition) is 1. The fourth-order valence-electron chi connectivity index (χ4n) is 2.40. The van der Waals surface area contributed by atoms with Gasteiger partial charge in [0, 0.05) is 17.2 Å². The second-order valence-electron chi connectivity index (χ2n) is 5.61. The first-order valence-corrected chi connectivity index (χ1v) is 9.22. The maximum Gasteiger partial charge on any atom is 0.261 e. The van der Waals surface area contributed by atoms with E-state index in [-0.39, 0.29) is 16.7 Å². The molecule has 3 rings (SSSR count). The van der Waals surface area contributed by atoms with Gasteiger partial charge in [-0.15, -0.1) is 0 Å². The highest BCUT2D eigenvalue weighted by molar-refractivity contribution is 8.13. The highest BCUT2D eigenvalue weighted by Crippen LogP contribution is 2.31. The van der Waals surface area contributed by atoms with Crippen molar-refractivity contribution < 1.29 is 17.9 Å². The smallest absolute Gasteiger partial charge is 0.261 e. The largest absolute Gasteiger partial charge is 0.492 e. The molecule has 1 aromatic carbocycles. The number of ether oxygens (including phenoxy) is 1. The van der Waals surface area contributed by atoms with Crippen LogP contribution in [0.1, 0.15) is 18.4 Å². The summed E-state index contributed by atoms with van der Waals surface area (Å²) in [6, 6.07) is 4.48. The summed E-state index contributed by atoms with van der Waals surface area (Å²) in [6.45, 7) is 1.04. The zero-order chi connectivity index (χ0) is 15.0. The lowest BCUT2D eigenvalue weighted by molar-refractivity contribution is -0.126. The Balaban J connectivity index is 1.72. The second-order valence-corrected chi connectivity index (χ2v) is 8.17. The van der Waals surface area contributed by atoms with Crippen LogP contribution in [0.2, 0.25) is 0 Å². The Kier molecular flexibility index (Phi) is 3.84. The van der Waals surface area contributed by atoms with Gasteiger partial charge in [0.2, 0.25) is 5.91 Å². The van der Waals surface area contributed by atoms with Crippen LogP contribution in [-0.2, 0) is 20.3 Å². The number of hydrogen-bond acceptors (Lipinski definition) is 4. The molecular formula is C14H16ClNO4S. The summed E-state index contributed by atoms with van der Waals surface area (Å²) in [6.07, 6.45) is 2.83. The Hall–Kier alpha value is -1.27. The van der Waals surface area contributed by atoms with Crippen LogP contribution in [-0.4, -0.2) is 27.5 Å². The number of nitrogens with one attached hydrogen (secondary N) is 1. The zero-order valence-electron chi connectivity index (χ0n) is 11.3. The van der Waals surface area contributed by atoms with Crippen LogP contribution in [0.15, 0.2) is 23.1 Å². The topological polar surface area (TPSA) is 72.5 Å². The van der Waals surface area contributed by atoms with Crippen LogP contribution < -0.4 is 10.1 Å². The van der Waals surface area contributed by atoms with E-state index in [2.05, 4.69) is 5.32 Å². The van der Waals surface area contributed by atoms with Crippen molar-refractivity contribution in [3.63, 3.8) is 0 Å². The van der Waals surface area contributed by atoms with Gasteiger partial charge in [-0.2, -0.15) is 0 Å². The van der Waals surface area contributed by atoms with Gasteiger partial charge in [0.15, 0.2) is 0 Å². The maximum atomic E-state index is 12.1. The normalized spacial score (nSPS) is 21.3. The minimum atomic E-state index is -3.77. The number of amides is 1. The number of carbonyl (C=O) groups excluding carboxylic acids is 1. The van der Waals surface area contributed by atoms with Crippen LogP contribution in [0.25, 0.3) is 0 Å². The fourth-order valence-corrected chi connectivity index (χ4v) is 3.20. The van der Waals surface area contributed by atoms with Gasteiger partial charge in [-0.25, -0.2) is 8.42 Å². The molecule has 21 heavy (non-hydrogen) atoms. The molecular weight excluding hydrogens is 314 g/mol. The average molecular weight is 330 g/mol. The van der Waals surface area contributed by atoms with Gasteiger partial charge in [-0.3, -0.25) is 4.79 Å². The first-order valence-electron chi connectivity index (χ1n) is 6.91. The Bertz CT molecular complexity index is 670. The summed E-state index contributed by atoms with van der Waals surface area (Å²) in [5, 5.41) is 2.93. The lowest BCUT2D eigenvalue weighted by Gasteiger charge is -2.25. The molecule has 1 unspecified atom stereocenters. The molecule has 0 radical (unpaired) electrons. The SMILES string of the molecule is O=C(NCC1CC1)C1COc2ccc(S(=O)(=O)Cl)cc2C1. The predicted molar refractivity (Wildman–Crippen MR) is 77.9 cm³/mol. The van der Waals surface area contributed by atoms with E-state index in [4.69, 9.17) is 15.4 Å². The molecule has 7 heteroatoms. The summed E-state index contributed by atoms with van der Waals surface area (Å²) in [7, 11) is 1.57. The van der Waals surface area contributed by atoms with Crippen molar-refractivity contribution in [1.82, 2.24) is 5.32 Å². The van der Waals surface area contributed by atoms with Crippen LogP contribution in [0.3, 0.4) is 0 Å². The molecule has 2 aliphatic rings. The van der Waals surface area contributed by atoms with Crippen molar-refractivity contribution in [2.45, 2.75) is 24.2 Å². The molecule has 1 aliphatic heterocycles. The molecule has 0 saturated heterocycles. The summed E-state index contributed by atoms with van der Waals surface area (Å²) >= 11 is 0. The standard InChI is InChI=1S/C14H16ClNO4S/c15-21(18,19)12-3-4-13-10(6-12)5-11(8-20-13)14(17)16-7-9-1-2-9/h3-4,6,9,11H,1-2,5,7-8H2,(H,16,17). The molecule has 1 N–H and O–H groups in total. The molecule has 1 saturated carbocycles. The van der Waals surface area contributed by atoms with Crippen LogP contribution in [0.4, 0.5) is 0 Å². The van der Waals surface area contributed by atoms with Crippen molar-refractivity contribution in [1.29, 1.82) is 0 Å². The molecule has 1 amide bonds. The summed E-state index contributed by atoms with van der Waals surface area (Å²) in [5.74, 6) is 0.917. The van der Waals surface area contributed by atoms with Crippen LogP contribution in [0.5, 0.6) is 5.75 Å². The Morgan fingerprint density at radius 2 is 2.14 bits per heavy atom. The minimum Gasteiger partial charge on any atom is -0.492 e. The van der Waals surface area contributed by atoms with E-state index in [1.54, 1.807) is 6.07 Å². The number of carbonyl (C=O) groups is 1. The highest BCUT2D eigenvalue weighted by atomic mass is 35.7. The van der Waals surface area contributed by atoms with Crippen LogP contribution >= 0.6 is 10.7 Å². The summed E-state index contributed by atoms with van der Waals surface area (Å²) in [4.78, 5) is 12.1. The fraction of sp³-hybridized carbons (Fsp3) is 0.500. The average Bonchev–Trinajstić information content (AvgIpc) is 3.26. The minimum absolute atomic E-state index is 0.0329. The van der Waals surface area contributed by atoms with E-state index in [1.165, 1.54) is 25.0 Å². The Labute approximate surface area is 128 Å². The van der Waals surface area contributed by atoms with Gasteiger partial charge in [0.25, 0.3) is 9.05 Å². The van der Waals surface area contributed by atoms with Gasteiger partial charge >= 0.3 is 0 Å². The van der Waals surface area contributed by atoms with Crippen molar-refractivity contribution >= 4 is 25.6 Å². The zero-order valence-corrected chi connectivity index (χ0v) is 12.9. The third-order valence-corrected chi connectivity index (χ3v) is 5.20. The second kappa shape index (κ2) is 5.50. The summed E-state index contributed by atoms with van der Waals surface area (Å²) in [5.41, 5.74) is 0.703. The van der Waals surface area contributed by atoms with Crippen molar-refractivity contribution in [3.8, 4) is 5.75 Å². The molecule has 5 nitrogen and oxygen atoms in total. The lowest BCUT2D eigenvalue weighted by Crippen LogP contribution is -2.38. The van der Waals surface area contributed by atoms with Crippen LogP contribution in [0, 0.1) is 11.8 Å². The number of rotatable bonds is 4. The third kappa shape index (κ3) is 3.49. The molecule has 1 fully saturated rings. The van der Waals surface area contributed by atoms with E-state index in [9.17, 15) is 13.2 Å². The van der Waals surface area contributed by atoms with E-state index in [0.29, 0.717) is 30.3 Å². The summed E-state index contributed by atoms with van der Waals surface area (Å²) < 4.78 is 28.3. The van der Waals surface area contributed by atoms with Crippen molar-refractivity contribution in [2.24, 2.45) is 11.8 Å². The molecule has 1 aromatic rings. The number of benzene rings is 1. The van der Waals surface area contributed by atoms with Crippen molar-refractivity contribution in [3.05, 3.63) is 23.8 Å². The molecule has 1 atom stereocenters. The van der Waals surface area contributed by atoms with E-state index in [0.717, 1.165) is 6.54 Å². The molecule has 1 aliphatic carbocycles. The van der Waals surface area contributed by atoms with Gasteiger partial charge in [-0.1, -0.05) is 0 Å². The number of halogens is 1. The Morgan fingerprint density at radius 3 is 2.81 bits per heavy atom. The molecule has 1 heterocycles. The maximum absolute atomic E-state index is 12.1. The van der Waals surface area contributed by atoms with Gasteiger partial charge in [0.05, 0.1) is 10.8 Å². The molecule has 0 aromatic heterocycles. The van der Waals surface area contributed by atoms with Gasteiger partial charge in [-0.05, 0) is 48.9 Å². The highest BCUT2D eigenvalue weighted by Gasteiger charge is 2.29. The Morgan fingerprint density at radius 1 is 1.38 bits per heavy atom. The first kappa shape index (κ1) is 14.7. The van der Waals surface area contributed by atoms with Crippen molar-refractivity contribution in [2.75, 3.05) is 13.2 Å². The van der Waals surface area contributed by atoms with E-state index >= 15 is 0 Å². The molecule has 0 bridgehead atoms. The van der Waals surface area contributed by atoms with Gasteiger partial charge in [0.1, 0.15) is 12.4 Å². The third-order valence-electron chi connectivity index (χ3n) is 3.85. The first-order chi connectivity index (χ1) is 9.93. The number of fused-ring (bicyclic) bond motifs is 1. The van der Waals surface area contributed by atoms with Gasteiger partial charge < -0.3 is 10.1 Å². The predicted octanol–water partition coefficient (Wildman–Crippen LogP) is 1.69. The van der Waals surface area contributed by atoms with E-state index < -0.39 is 9.05 Å². The molecule has 0 spiro atoms. The van der Waals surface area contributed by atoms with E-state index in [1.807, 2.05) is 0 Å². The lowest BCUT2D eigenvalue weighted by atomic mass is 9.96. The monoisotopic (exact) mass is 329 g/mol. The quantitative estimate of drug-likeness (QED) is 0.853.